The molecule has 6 heteroatoms. The lowest BCUT2D eigenvalue weighted by Gasteiger charge is -2.16. The summed E-state index contributed by atoms with van der Waals surface area (Å²) in [5.41, 5.74) is 1.71. The molecule has 2 aromatic carbocycles. The molecular formula is C17H15N3O3. The topological polar surface area (TPSA) is 80.1 Å². The average molecular weight is 309 g/mol. The van der Waals surface area contributed by atoms with Gasteiger partial charge in [-0.25, -0.2) is 0 Å². The van der Waals surface area contributed by atoms with Crippen LogP contribution in [-0.2, 0) is 0 Å². The summed E-state index contributed by atoms with van der Waals surface area (Å²) in [6.07, 6.45) is 0. The van der Waals surface area contributed by atoms with Crippen LogP contribution in [-0.4, -0.2) is 10.6 Å². The molecule has 0 radical (unpaired) electrons. The zero-order valence-electron chi connectivity index (χ0n) is 12.7. The molecule has 0 aliphatic carbocycles. The van der Waals surface area contributed by atoms with Crippen molar-refractivity contribution in [2.24, 2.45) is 0 Å². The van der Waals surface area contributed by atoms with Gasteiger partial charge in [0.05, 0.1) is 10.1 Å². The number of aromatic nitrogens is 2. The monoisotopic (exact) mass is 309 g/mol. The number of hydrogen-bond donors (Lipinski definition) is 1. The molecule has 3 aromatic rings. The number of aryl methyl sites for hydroxylation is 1. The number of amides is 1. The molecule has 0 aliphatic heterocycles. The van der Waals surface area contributed by atoms with Crippen LogP contribution in [0.4, 0.5) is 5.69 Å². The number of benzene rings is 2. The van der Waals surface area contributed by atoms with E-state index in [2.05, 4.69) is 5.32 Å². The Morgan fingerprint density at radius 1 is 1.09 bits per heavy atom. The van der Waals surface area contributed by atoms with Gasteiger partial charge in [0.2, 0.25) is 0 Å². The Labute approximate surface area is 132 Å². The SMILES string of the molecule is Cc1ccccc1NC(=O)c1c(C)n([O-])c2ccccc2[n+]1=O. The van der Waals surface area contributed by atoms with Crippen molar-refractivity contribution in [1.29, 1.82) is 0 Å². The van der Waals surface area contributed by atoms with E-state index in [1.165, 1.54) is 13.0 Å². The number of fused-ring (bicyclic) bond motifs is 1. The molecule has 0 bridgehead atoms. The summed E-state index contributed by atoms with van der Waals surface area (Å²) in [4.78, 5) is 25.0. The van der Waals surface area contributed by atoms with Crippen LogP contribution < -0.4 is 9.74 Å². The maximum Gasteiger partial charge on any atom is 0.346 e. The molecule has 1 aromatic heterocycles. The highest BCUT2D eigenvalue weighted by atomic mass is 16.5. The van der Waals surface area contributed by atoms with Gasteiger partial charge < -0.3 is 15.3 Å². The maximum atomic E-state index is 12.5. The predicted octanol–water partition coefficient (Wildman–Crippen LogP) is 2.77. The van der Waals surface area contributed by atoms with Gasteiger partial charge in [-0.1, -0.05) is 30.3 Å². The van der Waals surface area contributed by atoms with Crippen molar-refractivity contribution in [3.05, 3.63) is 75.6 Å². The highest BCUT2D eigenvalue weighted by Crippen LogP contribution is 2.17. The van der Waals surface area contributed by atoms with Crippen LogP contribution in [0.1, 0.15) is 21.7 Å². The van der Waals surface area contributed by atoms with E-state index in [4.69, 9.17) is 0 Å². The molecule has 1 amide bonds. The van der Waals surface area contributed by atoms with Gasteiger partial charge in [-0.05, 0) is 31.5 Å². The smallest absolute Gasteiger partial charge is 0.346 e. The van der Waals surface area contributed by atoms with E-state index in [0.29, 0.717) is 14.8 Å². The fourth-order valence-electron chi connectivity index (χ4n) is 2.50. The number of nitrogens with one attached hydrogen (secondary N) is 1. The number of carbonyl (C=O) groups is 1. The van der Waals surface area contributed by atoms with Crippen molar-refractivity contribution in [2.75, 3.05) is 5.32 Å². The van der Waals surface area contributed by atoms with Crippen LogP contribution in [0.3, 0.4) is 0 Å². The molecule has 6 nitrogen and oxygen atoms in total. The van der Waals surface area contributed by atoms with Crippen molar-refractivity contribution >= 4 is 22.6 Å². The summed E-state index contributed by atoms with van der Waals surface area (Å²) in [7, 11) is 0. The number of nitrogens with zero attached hydrogens (tertiary/aromatic N) is 2. The van der Waals surface area contributed by atoms with Gasteiger partial charge >= 0.3 is 11.6 Å². The third kappa shape index (κ3) is 2.44. The van der Waals surface area contributed by atoms with Crippen molar-refractivity contribution in [2.45, 2.75) is 13.8 Å². The Kier molecular flexibility index (Phi) is 3.57. The lowest BCUT2D eigenvalue weighted by Crippen LogP contribution is -2.33. The zero-order valence-corrected chi connectivity index (χ0v) is 12.7. The molecule has 0 fully saturated rings. The van der Waals surface area contributed by atoms with E-state index in [1.54, 1.807) is 30.3 Å². The standard InChI is InChI=1S/C17H15N3O3/c1-11-7-3-4-8-13(11)18-17(21)16-12(2)19(22)14-9-5-6-10-15(14)20(16)23/h3-10H,1-2H3,(H,18,21). The van der Waals surface area contributed by atoms with E-state index in [-0.39, 0.29) is 22.4 Å². The lowest BCUT2D eigenvalue weighted by atomic mass is 10.2. The molecule has 3 rings (SSSR count). The minimum absolute atomic E-state index is 0.0600. The number of carbonyl (C=O) groups excluding carboxylic acids is 1. The molecule has 0 spiro atoms. The Morgan fingerprint density at radius 2 is 1.74 bits per heavy atom. The van der Waals surface area contributed by atoms with Gasteiger partial charge in [0.15, 0.2) is 0 Å². The van der Waals surface area contributed by atoms with Crippen LogP contribution in [0.2, 0.25) is 0 Å². The molecule has 116 valence electrons. The number of hydrogen-bond acceptors (Lipinski definition) is 3. The third-order valence-electron chi connectivity index (χ3n) is 3.78. The second-order valence-corrected chi connectivity index (χ2v) is 5.28. The summed E-state index contributed by atoms with van der Waals surface area (Å²) >= 11 is 0. The third-order valence-corrected chi connectivity index (χ3v) is 3.78. The quantitative estimate of drug-likeness (QED) is 0.739. The van der Waals surface area contributed by atoms with E-state index >= 15 is 0 Å². The fraction of sp³-hybridized carbons (Fsp3) is 0.118. The predicted molar refractivity (Wildman–Crippen MR) is 87.9 cm³/mol. The summed E-state index contributed by atoms with van der Waals surface area (Å²) in [6.45, 7) is 3.31. The number of anilines is 1. The maximum absolute atomic E-state index is 12.5. The van der Waals surface area contributed by atoms with Crippen molar-refractivity contribution in [3.8, 4) is 0 Å². The van der Waals surface area contributed by atoms with Crippen LogP contribution in [0.25, 0.3) is 11.0 Å². The van der Waals surface area contributed by atoms with Gasteiger partial charge in [0.1, 0.15) is 5.52 Å². The van der Waals surface area contributed by atoms with Crippen molar-refractivity contribution in [3.63, 3.8) is 0 Å². The van der Waals surface area contributed by atoms with Gasteiger partial charge in [-0.3, -0.25) is 4.79 Å². The van der Waals surface area contributed by atoms with Crippen molar-refractivity contribution in [1.82, 2.24) is 4.73 Å². The first-order valence-corrected chi connectivity index (χ1v) is 7.12. The molecule has 0 saturated carbocycles. The van der Waals surface area contributed by atoms with Crippen LogP contribution in [0.15, 0.2) is 48.5 Å². The van der Waals surface area contributed by atoms with Gasteiger partial charge in [0.25, 0.3) is 5.52 Å². The first-order valence-electron chi connectivity index (χ1n) is 7.12. The minimum Gasteiger partial charge on any atom is -0.805 e. The van der Waals surface area contributed by atoms with Crippen LogP contribution in [0, 0.1) is 24.0 Å². The van der Waals surface area contributed by atoms with Crippen LogP contribution in [0.5, 0.6) is 0 Å². The molecule has 0 saturated heterocycles. The summed E-state index contributed by atoms with van der Waals surface area (Å²) in [5, 5.41) is 15.0. The number of rotatable bonds is 2. The Balaban J connectivity index is 2.15. The molecule has 0 atom stereocenters. The van der Waals surface area contributed by atoms with Gasteiger partial charge in [0, 0.05) is 16.7 Å². The molecule has 0 aliphatic rings. The van der Waals surface area contributed by atoms with Gasteiger partial charge in [-0.15, -0.1) is 0 Å². The minimum atomic E-state index is -0.609. The molecule has 1 N–H and O–H groups in total. The molecule has 23 heavy (non-hydrogen) atoms. The average Bonchev–Trinajstić information content (AvgIpc) is 2.55. The van der Waals surface area contributed by atoms with E-state index in [9.17, 15) is 14.9 Å². The Hall–Kier alpha value is -3.15. The van der Waals surface area contributed by atoms with Crippen LogP contribution >= 0.6 is 0 Å². The van der Waals surface area contributed by atoms with E-state index < -0.39 is 5.91 Å². The van der Waals surface area contributed by atoms with E-state index in [0.717, 1.165) is 5.56 Å². The largest absolute Gasteiger partial charge is 0.805 e. The summed E-state index contributed by atoms with van der Waals surface area (Å²) < 4.78 is 1.11. The Bertz CT molecular complexity index is 976. The highest BCUT2D eigenvalue weighted by molar-refractivity contribution is 6.03. The lowest BCUT2D eigenvalue weighted by molar-refractivity contribution is -0.468. The highest BCUT2D eigenvalue weighted by Gasteiger charge is 2.27. The van der Waals surface area contributed by atoms with Gasteiger partial charge in [-0.2, -0.15) is 0 Å². The first-order chi connectivity index (χ1) is 11.0. The second-order valence-electron chi connectivity index (χ2n) is 5.28. The summed E-state index contributed by atoms with van der Waals surface area (Å²) in [5.74, 6) is -0.609. The molecule has 1 heterocycles. The van der Waals surface area contributed by atoms with E-state index in [1.807, 2.05) is 19.1 Å². The summed E-state index contributed by atoms with van der Waals surface area (Å²) in [6, 6.07) is 13.6. The first kappa shape index (κ1) is 14.8. The molecular weight excluding hydrogens is 294 g/mol. The molecule has 0 unspecified atom stereocenters. The Morgan fingerprint density at radius 3 is 2.48 bits per heavy atom. The number of para-hydroxylation sites is 3. The van der Waals surface area contributed by atoms with Crippen molar-refractivity contribution < 1.29 is 9.22 Å². The zero-order chi connectivity index (χ0) is 16.6. The fourth-order valence-corrected chi connectivity index (χ4v) is 2.50. The normalized spacial score (nSPS) is 10.7. The second kappa shape index (κ2) is 5.57.